The highest BCUT2D eigenvalue weighted by Crippen LogP contribution is 2.21. The largest absolute Gasteiger partial charge is 0.259 e. The van der Waals surface area contributed by atoms with Gasteiger partial charge < -0.3 is 0 Å². The summed E-state index contributed by atoms with van der Waals surface area (Å²) >= 11 is 5.79. The van der Waals surface area contributed by atoms with Crippen LogP contribution in [0.25, 0.3) is 0 Å². The van der Waals surface area contributed by atoms with Crippen LogP contribution >= 0.6 is 11.6 Å². The van der Waals surface area contributed by atoms with Crippen LogP contribution in [0.15, 0.2) is 24.3 Å². The highest BCUT2D eigenvalue weighted by Gasteiger charge is 2.16. The molecule has 1 rings (SSSR count). The molecule has 1 unspecified atom stereocenters. The van der Waals surface area contributed by atoms with Gasteiger partial charge in [0.15, 0.2) is 0 Å². The van der Waals surface area contributed by atoms with Crippen LogP contribution in [0.1, 0.15) is 32.3 Å². The molecule has 0 bridgehead atoms. The Labute approximate surface area is 116 Å². The zero-order chi connectivity index (χ0) is 13.6. The first-order valence-corrected chi connectivity index (χ1v) is 7.80. The van der Waals surface area contributed by atoms with Crippen molar-refractivity contribution in [2.75, 3.05) is 5.75 Å². The minimum Gasteiger partial charge on any atom is -0.259 e. The molecule has 0 fully saturated rings. The van der Waals surface area contributed by atoms with E-state index in [1.807, 2.05) is 38.1 Å². The molecule has 0 aromatic heterocycles. The maximum absolute atomic E-state index is 11.9. The molecule has 4 heteroatoms. The number of benzene rings is 1. The molecule has 0 aliphatic heterocycles. The molecule has 0 saturated heterocycles. The molecule has 1 aromatic carbocycles. The van der Waals surface area contributed by atoms with E-state index in [2.05, 4.69) is 6.07 Å². The van der Waals surface area contributed by atoms with Crippen molar-refractivity contribution in [3.05, 3.63) is 34.9 Å². The molecule has 0 spiro atoms. The molecule has 0 N–H and O–H groups in total. The van der Waals surface area contributed by atoms with Gasteiger partial charge in [0.2, 0.25) is 0 Å². The van der Waals surface area contributed by atoms with Crippen molar-refractivity contribution in [2.45, 2.75) is 32.4 Å². The highest BCUT2D eigenvalue weighted by atomic mass is 35.5. The van der Waals surface area contributed by atoms with Crippen molar-refractivity contribution in [3.8, 4) is 6.07 Å². The second kappa shape index (κ2) is 6.92. The third kappa shape index (κ3) is 5.66. The molecular weight excluding hydrogens is 266 g/mol. The van der Waals surface area contributed by atoms with Crippen LogP contribution < -0.4 is 0 Å². The van der Waals surface area contributed by atoms with Crippen molar-refractivity contribution in [1.82, 2.24) is 0 Å². The summed E-state index contributed by atoms with van der Waals surface area (Å²) < 4.78 is 11.9. The van der Waals surface area contributed by atoms with Gasteiger partial charge in [-0.2, -0.15) is 5.26 Å². The van der Waals surface area contributed by atoms with E-state index in [4.69, 9.17) is 16.9 Å². The fourth-order valence-corrected chi connectivity index (χ4v) is 2.87. The molecule has 0 heterocycles. The van der Waals surface area contributed by atoms with Crippen LogP contribution in [0, 0.1) is 16.7 Å². The minimum atomic E-state index is -0.867. The number of rotatable bonds is 6. The second-order valence-corrected chi connectivity index (χ2v) is 7.03. The average molecular weight is 284 g/mol. The van der Waals surface area contributed by atoms with Crippen molar-refractivity contribution in [2.24, 2.45) is 5.41 Å². The average Bonchev–Trinajstić information content (AvgIpc) is 2.32. The Morgan fingerprint density at radius 3 is 2.50 bits per heavy atom. The number of nitrogens with zero attached hydrogens (tertiary/aromatic N) is 1. The summed E-state index contributed by atoms with van der Waals surface area (Å²) in [7, 11) is -0.867. The smallest absolute Gasteiger partial charge is 0.0683 e. The molecule has 18 heavy (non-hydrogen) atoms. The van der Waals surface area contributed by atoms with E-state index in [1.165, 1.54) is 0 Å². The van der Waals surface area contributed by atoms with Gasteiger partial charge in [-0.05, 0) is 44.4 Å². The quantitative estimate of drug-likeness (QED) is 0.794. The summed E-state index contributed by atoms with van der Waals surface area (Å²) in [6, 6.07) is 9.69. The summed E-state index contributed by atoms with van der Waals surface area (Å²) in [4.78, 5) is 0. The van der Waals surface area contributed by atoms with Crippen molar-refractivity contribution in [1.29, 1.82) is 5.26 Å². The van der Waals surface area contributed by atoms with Gasteiger partial charge in [-0.15, -0.1) is 0 Å². The lowest BCUT2D eigenvalue weighted by Gasteiger charge is -2.14. The number of hydrogen-bond acceptors (Lipinski definition) is 2. The SMILES string of the molecule is CC(C)(C#N)CCCS(=O)Cc1ccc(Cl)cc1. The Kier molecular flexibility index (Phi) is 5.84. The van der Waals surface area contributed by atoms with Gasteiger partial charge in [0.1, 0.15) is 0 Å². The molecule has 0 aliphatic rings. The Bertz CT molecular complexity index is 448. The lowest BCUT2D eigenvalue weighted by molar-refractivity contribution is 0.447. The Morgan fingerprint density at radius 1 is 1.33 bits per heavy atom. The number of hydrogen-bond donors (Lipinski definition) is 0. The molecule has 1 aromatic rings. The molecule has 0 aliphatic carbocycles. The zero-order valence-electron chi connectivity index (χ0n) is 10.8. The van der Waals surface area contributed by atoms with Crippen molar-refractivity contribution >= 4 is 22.4 Å². The maximum Gasteiger partial charge on any atom is 0.0683 e. The zero-order valence-corrected chi connectivity index (χ0v) is 12.4. The second-order valence-electron chi connectivity index (χ2n) is 5.01. The Hall–Kier alpha value is -0.850. The maximum atomic E-state index is 11.9. The Balaban J connectivity index is 2.35. The first-order chi connectivity index (χ1) is 8.43. The first-order valence-electron chi connectivity index (χ1n) is 5.94. The molecule has 0 amide bonds. The third-order valence-electron chi connectivity index (χ3n) is 2.72. The van der Waals surface area contributed by atoms with E-state index in [0.29, 0.717) is 16.5 Å². The summed E-state index contributed by atoms with van der Waals surface area (Å²) in [6.45, 7) is 3.82. The Morgan fingerprint density at radius 2 is 1.94 bits per heavy atom. The summed E-state index contributed by atoms with van der Waals surface area (Å²) in [5.41, 5.74) is 0.724. The predicted molar refractivity (Wildman–Crippen MR) is 76.8 cm³/mol. The predicted octanol–water partition coefficient (Wildman–Crippen LogP) is 3.92. The van der Waals surface area contributed by atoms with Crippen LogP contribution in [-0.4, -0.2) is 9.96 Å². The normalized spacial score (nSPS) is 13.0. The standard InChI is InChI=1S/C14H18ClNOS/c1-14(2,11-16)8-3-9-18(17)10-12-4-6-13(15)7-5-12/h4-7H,3,8-10H2,1-2H3. The summed E-state index contributed by atoms with van der Waals surface area (Å²) in [5.74, 6) is 1.21. The van der Waals surface area contributed by atoms with Crippen LogP contribution in [-0.2, 0) is 16.6 Å². The van der Waals surface area contributed by atoms with Crippen LogP contribution in [0.5, 0.6) is 0 Å². The van der Waals surface area contributed by atoms with Gasteiger partial charge in [-0.25, -0.2) is 0 Å². The molecular formula is C14H18ClNOS. The monoisotopic (exact) mass is 283 g/mol. The van der Waals surface area contributed by atoms with Crippen LogP contribution in [0.3, 0.4) is 0 Å². The summed E-state index contributed by atoms with van der Waals surface area (Å²) in [6.07, 6.45) is 1.61. The fourth-order valence-electron chi connectivity index (χ4n) is 1.57. The van der Waals surface area contributed by atoms with Crippen molar-refractivity contribution < 1.29 is 4.21 Å². The molecule has 0 radical (unpaired) electrons. The van der Waals surface area contributed by atoms with Gasteiger partial charge in [0.05, 0.1) is 11.5 Å². The van der Waals surface area contributed by atoms with Crippen molar-refractivity contribution in [3.63, 3.8) is 0 Å². The van der Waals surface area contributed by atoms with Gasteiger partial charge in [0.25, 0.3) is 0 Å². The number of nitriles is 1. The highest BCUT2D eigenvalue weighted by molar-refractivity contribution is 7.84. The topological polar surface area (TPSA) is 40.9 Å². The lowest BCUT2D eigenvalue weighted by Crippen LogP contribution is -2.10. The summed E-state index contributed by atoms with van der Waals surface area (Å²) in [5, 5.41) is 9.58. The van der Waals surface area contributed by atoms with Gasteiger partial charge in [0, 0.05) is 27.3 Å². The lowest BCUT2D eigenvalue weighted by atomic mass is 9.90. The van der Waals surface area contributed by atoms with E-state index in [1.54, 1.807) is 0 Å². The van der Waals surface area contributed by atoms with E-state index < -0.39 is 10.8 Å². The fraction of sp³-hybridized carbons (Fsp3) is 0.500. The van der Waals surface area contributed by atoms with Gasteiger partial charge in [-0.1, -0.05) is 23.7 Å². The van der Waals surface area contributed by atoms with E-state index >= 15 is 0 Å². The first kappa shape index (κ1) is 15.2. The third-order valence-corrected chi connectivity index (χ3v) is 4.37. The van der Waals surface area contributed by atoms with Crippen LogP contribution in [0.4, 0.5) is 0 Å². The van der Waals surface area contributed by atoms with E-state index in [9.17, 15) is 4.21 Å². The van der Waals surface area contributed by atoms with Crippen LogP contribution in [0.2, 0.25) is 5.02 Å². The molecule has 1 atom stereocenters. The number of halogens is 1. The molecule has 2 nitrogen and oxygen atoms in total. The van der Waals surface area contributed by atoms with E-state index in [-0.39, 0.29) is 5.41 Å². The molecule has 98 valence electrons. The minimum absolute atomic E-state index is 0.315. The van der Waals surface area contributed by atoms with E-state index in [0.717, 1.165) is 18.4 Å². The van der Waals surface area contributed by atoms with Gasteiger partial charge >= 0.3 is 0 Å². The molecule has 0 saturated carbocycles. The van der Waals surface area contributed by atoms with Gasteiger partial charge in [-0.3, -0.25) is 4.21 Å².